The molecule has 1 aromatic carbocycles. The molecule has 4 nitrogen and oxygen atoms in total. The smallest absolute Gasteiger partial charge is 0.315 e. The van der Waals surface area contributed by atoms with Crippen LogP contribution in [0.1, 0.15) is 42.4 Å². The van der Waals surface area contributed by atoms with E-state index >= 15 is 0 Å². The normalized spacial score (nSPS) is 21.2. The number of benzene rings is 1. The second kappa shape index (κ2) is 5.83. The van der Waals surface area contributed by atoms with E-state index in [0.717, 1.165) is 23.5 Å². The number of urea groups is 1. The number of halogens is 1. The third-order valence-corrected chi connectivity index (χ3v) is 3.92. The summed E-state index contributed by atoms with van der Waals surface area (Å²) in [7, 11) is 0. The highest BCUT2D eigenvalue weighted by Crippen LogP contribution is 2.40. The van der Waals surface area contributed by atoms with Crippen LogP contribution in [-0.2, 0) is 0 Å². The Morgan fingerprint density at radius 3 is 2.86 bits per heavy atom. The minimum absolute atomic E-state index is 0.0623. The van der Waals surface area contributed by atoms with Gasteiger partial charge in [0.25, 0.3) is 0 Å². The molecule has 2 N–H and O–H groups in total. The van der Waals surface area contributed by atoms with Gasteiger partial charge < -0.3 is 15.1 Å². The highest BCUT2D eigenvalue weighted by molar-refractivity contribution is 5.75. The number of amides is 2. The van der Waals surface area contributed by atoms with Crippen LogP contribution >= 0.6 is 0 Å². The van der Waals surface area contributed by atoms with E-state index in [9.17, 15) is 9.18 Å². The third-order valence-electron chi connectivity index (χ3n) is 3.92. The van der Waals surface area contributed by atoms with Gasteiger partial charge in [0.15, 0.2) is 0 Å². The highest BCUT2D eigenvalue weighted by Gasteiger charge is 2.39. The first kappa shape index (κ1) is 14.6. The summed E-state index contributed by atoms with van der Waals surface area (Å²) in [5.41, 5.74) is 0.931. The molecular weight excluding hydrogens is 283 g/mol. The fourth-order valence-electron chi connectivity index (χ4n) is 2.62. The van der Waals surface area contributed by atoms with Crippen LogP contribution in [0.25, 0.3) is 0 Å². The topological polar surface area (TPSA) is 54.3 Å². The zero-order valence-corrected chi connectivity index (χ0v) is 12.6. The first-order valence-corrected chi connectivity index (χ1v) is 7.42. The van der Waals surface area contributed by atoms with Gasteiger partial charge in [-0.3, -0.25) is 0 Å². The predicted molar refractivity (Wildman–Crippen MR) is 81.1 cm³/mol. The number of nitrogens with one attached hydrogen (secondary N) is 2. The lowest BCUT2D eigenvalue weighted by molar-refractivity contribution is 0.235. The quantitative estimate of drug-likeness (QED) is 0.906. The average molecular weight is 302 g/mol. The van der Waals surface area contributed by atoms with E-state index in [2.05, 4.69) is 10.6 Å². The van der Waals surface area contributed by atoms with Crippen molar-refractivity contribution in [2.24, 2.45) is 0 Å². The Balaban J connectivity index is 1.51. The molecule has 3 rings (SSSR count). The standard InChI is InChI=1S/C17H19FN2O2/c1-10-6-7-16(22-10)11(2)19-17(21)20-15-9-14(15)12-4-3-5-13(18)8-12/h3-8,11,14-15H,9H2,1-2H3,(H2,19,20,21). The van der Waals surface area contributed by atoms with Crippen LogP contribution in [0.5, 0.6) is 0 Å². The van der Waals surface area contributed by atoms with E-state index in [4.69, 9.17) is 4.42 Å². The third kappa shape index (κ3) is 3.30. The number of rotatable bonds is 4. The number of aryl methyl sites for hydroxylation is 1. The SMILES string of the molecule is Cc1ccc(C(C)NC(=O)NC2CC2c2cccc(F)c2)o1. The lowest BCUT2D eigenvalue weighted by Crippen LogP contribution is -2.38. The molecule has 5 heteroatoms. The fraction of sp³-hybridized carbons (Fsp3) is 0.353. The summed E-state index contributed by atoms with van der Waals surface area (Å²) in [4.78, 5) is 12.0. The molecule has 3 unspecified atom stereocenters. The van der Waals surface area contributed by atoms with Crippen molar-refractivity contribution in [3.8, 4) is 0 Å². The van der Waals surface area contributed by atoms with Crippen molar-refractivity contribution in [2.45, 2.75) is 38.3 Å². The van der Waals surface area contributed by atoms with Crippen LogP contribution in [0.2, 0.25) is 0 Å². The number of hydrogen-bond donors (Lipinski definition) is 2. The van der Waals surface area contributed by atoms with Gasteiger partial charge in [-0.15, -0.1) is 0 Å². The maximum atomic E-state index is 13.2. The molecule has 1 saturated carbocycles. The molecule has 0 aliphatic heterocycles. The Hall–Kier alpha value is -2.30. The van der Waals surface area contributed by atoms with Crippen LogP contribution < -0.4 is 10.6 Å². The van der Waals surface area contributed by atoms with Crippen LogP contribution in [0.3, 0.4) is 0 Å². The van der Waals surface area contributed by atoms with E-state index in [1.54, 1.807) is 6.07 Å². The summed E-state index contributed by atoms with van der Waals surface area (Å²) in [6.07, 6.45) is 0.838. The zero-order valence-electron chi connectivity index (χ0n) is 12.6. The monoisotopic (exact) mass is 302 g/mol. The van der Waals surface area contributed by atoms with Crippen LogP contribution in [0.15, 0.2) is 40.8 Å². The molecule has 1 fully saturated rings. The van der Waals surface area contributed by atoms with Crippen molar-refractivity contribution in [3.63, 3.8) is 0 Å². The van der Waals surface area contributed by atoms with Gasteiger partial charge in [0, 0.05) is 12.0 Å². The first-order valence-electron chi connectivity index (χ1n) is 7.42. The zero-order chi connectivity index (χ0) is 15.7. The van der Waals surface area contributed by atoms with Gasteiger partial charge in [0.05, 0.1) is 6.04 Å². The second-order valence-corrected chi connectivity index (χ2v) is 5.79. The Labute approximate surface area is 128 Å². The average Bonchev–Trinajstić information content (AvgIpc) is 3.08. The minimum atomic E-state index is -0.241. The molecule has 116 valence electrons. The lowest BCUT2D eigenvalue weighted by Gasteiger charge is -2.12. The van der Waals surface area contributed by atoms with E-state index in [1.165, 1.54) is 12.1 Å². The summed E-state index contributed by atoms with van der Waals surface area (Å²) in [6, 6.07) is 9.90. The molecule has 1 aromatic heterocycles. The molecule has 22 heavy (non-hydrogen) atoms. The Bertz CT molecular complexity index is 683. The van der Waals surface area contributed by atoms with Gasteiger partial charge in [-0.25, -0.2) is 9.18 Å². The van der Waals surface area contributed by atoms with Crippen molar-refractivity contribution >= 4 is 6.03 Å². The molecule has 1 aliphatic rings. The summed E-state index contributed by atoms with van der Waals surface area (Å²) in [5.74, 6) is 1.50. The van der Waals surface area contributed by atoms with Gasteiger partial charge in [0.1, 0.15) is 17.3 Å². The number of carbonyl (C=O) groups is 1. The van der Waals surface area contributed by atoms with E-state index in [-0.39, 0.29) is 29.8 Å². The van der Waals surface area contributed by atoms with Crippen molar-refractivity contribution in [2.75, 3.05) is 0 Å². The minimum Gasteiger partial charge on any atom is -0.464 e. The Morgan fingerprint density at radius 1 is 1.36 bits per heavy atom. The van der Waals surface area contributed by atoms with Crippen molar-refractivity contribution in [1.29, 1.82) is 0 Å². The molecule has 0 spiro atoms. The first-order chi connectivity index (χ1) is 10.5. The summed E-state index contributed by atoms with van der Waals surface area (Å²) in [5, 5.41) is 5.76. The van der Waals surface area contributed by atoms with Crippen molar-refractivity contribution < 1.29 is 13.6 Å². The highest BCUT2D eigenvalue weighted by atomic mass is 19.1. The molecule has 1 aliphatic carbocycles. The number of carbonyl (C=O) groups excluding carboxylic acids is 1. The van der Waals surface area contributed by atoms with Crippen LogP contribution in [0.4, 0.5) is 9.18 Å². The maximum Gasteiger partial charge on any atom is 0.315 e. The summed E-state index contributed by atoms with van der Waals surface area (Å²) < 4.78 is 18.7. The van der Waals surface area contributed by atoms with E-state index in [1.807, 2.05) is 32.0 Å². The Morgan fingerprint density at radius 2 is 2.18 bits per heavy atom. The second-order valence-electron chi connectivity index (χ2n) is 5.79. The number of hydrogen-bond acceptors (Lipinski definition) is 2. The molecule has 2 aromatic rings. The Kier molecular flexibility index (Phi) is 3.88. The molecule has 0 radical (unpaired) electrons. The summed E-state index contributed by atoms with van der Waals surface area (Å²) in [6.45, 7) is 3.74. The maximum absolute atomic E-state index is 13.2. The summed E-state index contributed by atoms with van der Waals surface area (Å²) >= 11 is 0. The van der Waals surface area contributed by atoms with Gasteiger partial charge >= 0.3 is 6.03 Å². The van der Waals surface area contributed by atoms with Crippen LogP contribution in [-0.4, -0.2) is 12.1 Å². The van der Waals surface area contributed by atoms with Crippen molar-refractivity contribution in [3.05, 3.63) is 59.3 Å². The lowest BCUT2D eigenvalue weighted by atomic mass is 10.1. The molecule has 3 atom stereocenters. The molecule has 2 amide bonds. The van der Waals surface area contributed by atoms with Gasteiger partial charge in [-0.1, -0.05) is 12.1 Å². The molecule has 0 saturated heterocycles. The predicted octanol–water partition coefficient (Wildman–Crippen LogP) is 3.64. The van der Waals surface area contributed by atoms with Gasteiger partial charge in [-0.2, -0.15) is 0 Å². The molecule has 1 heterocycles. The van der Waals surface area contributed by atoms with Crippen molar-refractivity contribution in [1.82, 2.24) is 10.6 Å². The van der Waals surface area contributed by atoms with Gasteiger partial charge in [-0.05, 0) is 50.1 Å². The molecule has 0 bridgehead atoms. The van der Waals surface area contributed by atoms with E-state index in [0.29, 0.717) is 0 Å². The number of furan rings is 1. The van der Waals surface area contributed by atoms with Gasteiger partial charge in [0.2, 0.25) is 0 Å². The van der Waals surface area contributed by atoms with E-state index < -0.39 is 0 Å². The van der Waals surface area contributed by atoms with Crippen LogP contribution in [0, 0.1) is 12.7 Å². The molecular formula is C17H19FN2O2. The fourth-order valence-corrected chi connectivity index (χ4v) is 2.62. The largest absolute Gasteiger partial charge is 0.464 e.